The average molecular weight is 280 g/mol. The molecule has 19 heavy (non-hydrogen) atoms. The van der Waals surface area contributed by atoms with Crippen LogP contribution < -0.4 is 10.6 Å². The van der Waals surface area contributed by atoms with Gasteiger partial charge in [0.15, 0.2) is 0 Å². The van der Waals surface area contributed by atoms with E-state index in [-0.39, 0.29) is 0 Å². The molecule has 0 aromatic heterocycles. The molecule has 0 radical (unpaired) electrons. The third-order valence-electron chi connectivity index (χ3n) is 3.55. The van der Waals surface area contributed by atoms with Crippen molar-refractivity contribution < 1.29 is 9.84 Å². The van der Waals surface area contributed by atoms with Gasteiger partial charge in [-0.2, -0.15) is 0 Å². The molecule has 1 heterocycles. The van der Waals surface area contributed by atoms with Gasteiger partial charge in [-0.15, -0.1) is 0 Å². The molecule has 1 aliphatic rings. The van der Waals surface area contributed by atoms with Crippen LogP contribution in [0.4, 0.5) is 5.69 Å². The van der Waals surface area contributed by atoms with Crippen LogP contribution in [0.1, 0.15) is 18.4 Å². The first kappa shape index (κ1) is 14.2. The SMILES string of the molecule is CN(CC1(O)CCOCC1)c1ccc(C(N)=S)cc1. The number of nitrogens with zero attached hydrogens (tertiary/aromatic N) is 1. The van der Waals surface area contributed by atoms with E-state index in [0.717, 1.165) is 11.3 Å². The van der Waals surface area contributed by atoms with Crippen LogP contribution in [0, 0.1) is 0 Å². The number of rotatable bonds is 4. The number of hydrogen-bond acceptors (Lipinski definition) is 4. The van der Waals surface area contributed by atoms with Gasteiger partial charge in [-0.05, 0) is 24.3 Å². The van der Waals surface area contributed by atoms with Gasteiger partial charge in [0.2, 0.25) is 0 Å². The average Bonchev–Trinajstić information content (AvgIpc) is 2.39. The van der Waals surface area contributed by atoms with E-state index in [4.69, 9.17) is 22.7 Å². The minimum absolute atomic E-state index is 0.400. The Labute approximate surface area is 119 Å². The second-order valence-electron chi connectivity index (χ2n) is 5.10. The molecule has 0 aliphatic carbocycles. The molecule has 5 heteroatoms. The maximum Gasteiger partial charge on any atom is 0.103 e. The zero-order valence-electron chi connectivity index (χ0n) is 11.1. The van der Waals surface area contributed by atoms with E-state index in [1.807, 2.05) is 31.3 Å². The Morgan fingerprint density at radius 1 is 1.37 bits per heavy atom. The van der Waals surface area contributed by atoms with Crippen LogP contribution in [-0.4, -0.2) is 42.5 Å². The second kappa shape index (κ2) is 5.86. The summed E-state index contributed by atoms with van der Waals surface area (Å²) in [5, 5.41) is 10.5. The molecule has 1 saturated heterocycles. The summed E-state index contributed by atoms with van der Waals surface area (Å²) in [5.41, 5.74) is 6.82. The van der Waals surface area contributed by atoms with Gasteiger partial charge in [0, 0.05) is 50.9 Å². The lowest BCUT2D eigenvalue weighted by molar-refractivity contribution is -0.0572. The molecule has 3 N–H and O–H groups in total. The Kier molecular flexibility index (Phi) is 4.39. The van der Waals surface area contributed by atoms with Crippen molar-refractivity contribution in [3.8, 4) is 0 Å². The van der Waals surface area contributed by atoms with Crippen LogP contribution in [0.5, 0.6) is 0 Å². The van der Waals surface area contributed by atoms with E-state index < -0.39 is 5.60 Å². The summed E-state index contributed by atoms with van der Waals surface area (Å²) in [4.78, 5) is 2.45. The first-order valence-corrected chi connectivity index (χ1v) is 6.82. The molecule has 0 amide bonds. The molecule has 0 bridgehead atoms. The van der Waals surface area contributed by atoms with Crippen molar-refractivity contribution in [2.24, 2.45) is 5.73 Å². The van der Waals surface area contributed by atoms with Gasteiger partial charge in [0.1, 0.15) is 4.99 Å². The third-order valence-corrected chi connectivity index (χ3v) is 3.78. The molecule has 1 aromatic rings. The molecule has 104 valence electrons. The van der Waals surface area contributed by atoms with Crippen LogP contribution in [0.15, 0.2) is 24.3 Å². The lowest BCUT2D eigenvalue weighted by Gasteiger charge is -2.36. The molecule has 1 aliphatic heterocycles. The molecule has 4 nitrogen and oxygen atoms in total. The van der Waals surface area contributed by atoms with Crippen molar-refractivity contribution in [2.45, 2.75) is 18.4 Å². The summed E-state index contributed by atoms with van der Waals surface area (Å²) in [6.07, 6.45) is 1.37. The molecule has 2 rings (SSSR count). The maximum atomic E-state index is 10.5. The van der Waals surface area contributed by atoms with Gasteiger partial charge < -0.3 is 20.5 Å². The normalized spacial score (nSPS) is 18.0. The summed E-state index contributed by atoms with van der Waals surface area (Å²) < 4.78 is 5.29. The van der Waals surface area contributed by atoms with Crippen molar-refractivity contribution >= 4 is 22.9 Å². The molecule has 0 spiro atoms. The summed E-state index contributed by atoms with van der Waals surface area (Å²) in [7, 11) is 1.98. The molecule has 1 fully saturated rings. The Bertz CT molecular complexity index is 441. The predicted molar refractivity (Wildman–Crippen MR) is 80.6 cm³/mol. The zero-order valence-corrected chi connectivity index (χ0v) is 11.9. The van der Waals surface area contributed by atoms with E-state index in [1.165, 1.54) is 0 Å². The van der Waals surface area contributed by atoms with E-state index in [2.05, 4.69) is 4.90 Å². The van der Waals surface area contributed by atoms with Crippen molar-refractivity contribution in [3.05, 3.63) is 29.8 Å². The van der Waals surface area contributed by atoms with Crippen LogP contribution in [0.25, 0.3) is 0 Å². The van der Waals surface area contributed by atoms with Crippen LogP contribution in [0.3, 0.4) is 0 Å². The zero-order chi connectivity index (χ0) is 13.9. The number of anilines is 1. The van der Waals surface area contributed by atoms with E-state index in [0.29, 0.717) is 37.6 Å². The highest BCUT2D eigenvalue weighted by molar-refractivity contribution is 7.80. The topological polar surface area (TPSA) is 58.7 Å². The third kappa shape index (κ3) is 3.65. The van der Waals surface area contributed by atoms with E-state index in [9.17, 15) is 5.11 Å². The van der Waals surface area contributed by atoms with Gasteiger partial charge in [0.05, 0.1) is 5.60 Å². The van der Waals surface area contributed by atoms with Gasteiger partial charge in [-0.1, -0.05) is 12.2 Å². The monoisotopic (exact) mass is 280 g/mol. The fourth-order valence-corrected chi connectivity index (χ4v) is 2.46. The first-order chi connectivity index (χ1) is 9.00. The van der Waals surface area contributed by atoms with E-state index in [1.54, 1.807) is 0 Å². The fraction of sp³-hybridized carbons (Fsp3) is 0.500. The molecule has 0 saturated carbocycles. The van der Waals surface area contributed by atoms with Crippen LogP contribution in [0.2, 0.25) is 0 Å². The first-order valence-electron chi connectivity index (χ1n) is 6.41. The minimum Gasteiger partial charge on any atom is -0.389 e. The summed E-state index contributed by atoms with van der Waals surface area (Å²) in [6.45, 7) is 1.86. The number of nitrogens with two attached hydrogens (primary N) is 1. The number of thiocarbonyl (C=S) groups is 1. The highest BCUT2D eigenvalue weighted by atomic mass is 32.1. The number of aliphatic hydroxyl groups is 1. The number of hydrogen-bond donors (Lipinski definition) is 2. The minimum atomic E-state index is -0.658. The molecule has 1 aromatic carbocycles. The standard InChI is InChI=1S/C14H20N2O2S/c1-16(10-14(17)6-8-18-9-7-14)12-4-2-11(3-5-12)13(15)19/h2-5,17H,6-10H2,1H3,(H2,15,19). The van der Waals surface area contributed by atoms with Gasteiger partial charge in [-0.25, -0.2) is 0 Å². The lowest BCUT2D eigenvalue weighted by atomic mass is 9.94. The van der Waals surface area contributed by atoms with Gasteiger partial charge >= 0.3 is 0 Å². The highest BCUT2D eigenvalue weighted by Crippen LogP contribution is 2.24. The van der Waals surface area contributed by atoms with Crippen LogP contribution >= 0.6 is 12.2 Å². The highest BCUT2D eigenvalue weighted by Gasteiger charge is 2.31. The molecular weight excluding hydrogens is 260 g/mol. The van der Waals surface area contributed by atoms with Crippen LogP contribution in [-0.2, 0) is 4.74 Å². The quantitative estimate of drug-likeness (QED) is 0.814. The molecule has 0 unspecified atom stereocenters. The largest absolute Gasteiger partial charge is 0.389 e. The van der Waals surface area contributed by atoms with Crippen molar-refractivity contribution in [3.63, 3.8) is 0 Å². The van der Waals surface area contributed by atoms with E-state index >= 15 is 0 Å². The Morgan fingerprint density at radius 3 is 2.47 bits per heavy atom. The smallest absolute Gasteiger partial charge is 0.103 e. The number of ether oxygens (including phenoxy) is 1. The Hall–Kier alpha value is -1.17. The summed E-state index contributed by atoms with van der Waals surface area (Å²) in [5.74, 6) is 0. The van der Waals surface area contributed by atoms with Gasteiger partial charge in [0.25, 0.3) is 0 Å². The molecule has 0 atom stereocenters. The lowest BCUT2D eigenvalue weighted by Crippen LogP contribution is -2.45. The molecular formula is C14H20N2O2S. The fourth-order valence-electron chi connectivity index (χ4n) is 2.32. The number of benzene rings is 1. The van der Waals surface area contributed by atoms with Crippen molar-refractivity contribution in [2.75, 3.05) is 31.7 Å². The predicted octanol–water partition coefficient (Wildman–Crippen LogP) is 1.30. The van der Waals surface area contributed by atoms with Crippen molar-refractivity contribution in [1.29, 1.82) is 0 Å². The number of likely N-dealkylation sites (N-methyl/N-ethyl adjacent to an activating group) is 1. The maximum absolute atomic E-state index is 10.5. The Morgan fingerprint density at radius 2 is 1.95 bits per heavy atom. The summed E-state index contributed by atoms with van der Waals surface area (Å²) in [6, 6.07) is 7.75. The van der Waals surface area contributed by atoms with Crippen molar-refractivity contribution in [1.82, 2.24) is 0 Å². The Balaban J connectivity index is 2.02. The second-order valence-corrected chi connectivity index (χ2v) is 5.54. The summed E-state index contributed by atoms with van der Waals surface area (Å²) >= 11 is 4.93. The van der Waals surface area contributed by atoms with Gasteiger partial charge in [-0.3, -0.25) is 0 Å².